The minimum absolute atomic E-state index is 0.153. The van der Waals surface area contributed by atoms with Crippen molar-refractivity contribution >= 4 is 0 Å². The first-order valence-electron chi connectivity index (χ1n) is 3.66. The first-order chi connectivity index (χ1) is 5.15. The highest BCUT2D eigenvalue weighted by molar-refractivity contribution is 5.44. The molecule has 0 aliphatic carbocycles. The van der Waals surface area contributed by atoms with Crippen molar-refractivity contribution in [2.24, 2.45) is 0 Å². The SMILES string of the molecule is CCc1cc(C)c(O)cc1O. The van der Waals surface area contributed by atoms with Gasteiger partial charge in [0.2, 0.25) is 0 Å². The third kappa shape index (κ3) is 1.45. The summed E-state index contributed by atoms with van der Waals surface area (Å²) in [6.45, 7) is 3.78. The molecule has 0 fully saturated rings. The molecule has 0 saturated carbocycles. The minimum Gasteiger partial charge on any atom is -0.508 e. The van der Waals surface area contributed by atoms with Crippen LogP contribution in [0.3, 0.4) is 0 Å². The first kappa shape index (κ1) is 7.92. The van der Waals surface area contributed by atoms with E-state index in [1.54, 1.807) is 6.07 Å². The van der Waals surface area contributed by atoms with E-state index in [0.29, 0.717) is 0 Å². The van der Waals surface area contributed by atoms with Crippen molar-refractivity contribution in [1.82, 2.24) is 0 Å². The maximum absolute atomic E-state index is 9.26. The largest absolute Gasteiger partial charge is 0.508 e. The van der Waals surface area contributed by atoms with Crippen molar-refractivity contribution in [3.8, 4) is 11.5 Å². The van der Waals surface area contributed by atoms with E-state index in [-0.39, 0.29) is 11.5 Å². The summed E-state index contributed by atoms with van der Waals surface area (Å²) >= 11 is 0. The molecule has 2 heteroatoms. The van der Waals surface area contributed by atoms with Gasteiger partial charge in [-0.15, -0.1) is 0 Å². The van der Waals surface area contributed by atoms with Gasteiger partial charge in [0, 0.05) is 6.07 Å². The Kier molecular flexibility index (Phi) is 2.03. The molecule has 1 aromatic carbocycles. The lowest BCUT2D eigenvalue weighted by atomic mass is 10.1. The molecule has 0 amide bonds. The Morgan fingerprint density at radius 2 is 1.82 bits per heavy atom. The van der Waals surface area contributed by atoms with E-state index < -0.39 is 0 Å². The van der Waals surface area contributed by atoms with Gasteiger partial charge in [0.15, 0.2) is 0 Å². The third-order valence-electron chi connectivity index (χ3n) is 1.78. The molecule has 2 N–H and O–H groups in total. The van der Waals surface area contributed by atoms with E-state index in [1.165, 1.54) is 6.07 Å². The number of rotatable bonds is 1. The van der Waals surface area contributed by atoms with Gasteiger partial charge in [-0.05, 0) is 30.5 Å². The molecule has 0 unspecified atom stereocenters. The summed E-state index contributed by atoms with van der Waals surface area (Å²) in [6, 6.07) is 3.18. The molecule has 0 heterocycles. The number of phenols is 2. The Morgan fingerprint density at radius 1 is 1.18 bits per heavy atom. The van der Waals surface area contributed by atoms with Crippen LogP contribution in [0.2, 0.25) is 0 Å². The molecule has 0 aromatic heterocycles. The van der Waals surface area contributed by atoms with Crippen LogP contribution in [-0.2, 0) is 6.42 Å². The van der Waals surface area contributed by atoms with E-state index in [1.807, 2.05) is 13.8 Å². The zero-order chi connectivity index (χ0) is 8.43. The molecule has 0 atom stereocenters. The zero-order valence-corrected chi connectivity index (χ0v) is 6.76. The summed E-state index contributed by atoms with van der Waals surface area (Å²) in [7, 11) is 0. The van der Waals surface area contributed by atoms with Crippen molar-refractivity contribution in [3.63, 3.8) is 0 Å². The van der Waals surface area contributed by atoms with Crippen LogP contribution in [0.25, 0.3) is 0 Å². The van der Waals surface area contributed by atoms with Crippen LogP contribution in [0.5, 0.6) is 11.5 Å². The summed E-state index contributed by atoms with van der Waals surface area (Å²) in [5.74, 6) is 0.329. The Bertz CT molecular complexity index is 267. The number of hydrogen-bond acceptors (Lipinski definition) is 2. The summed E-state index contributed by atoms with van der Waals surface area (Å²) in [6.07, 6.45) is 0.785. The summed E-state index contributed by atoms with van der Waals surface area (Å²) in [4.78, 5) is 0. The third-order valence-corrected chi connectivity index (χ3v) is 1.78. The second-order valence-corrected chi connectivity index (χ2v) is 2.62. The van der Waals surface area contributed by atoms with Gasteiger partial charge in [0.05, 0.1) is 0 Å². The van der Waals surface area contributed by atoms with Crippen LogP contribution < -0.4 is 0 Å². The average molecular weight is 152 g/mol. The number of benzene rings is 1. The van der Waals surface area contributed by atoms with E-state index in [2.05, 4.69) is 0 Å². The normalized spacial score (nSPS) is 10.0. The molecule has 1 aromatic rings. The van der Waals surface area contributed by atoms with Crippen molar-refractivity contribution in [2.75, 3.05) is 0 Å². The van der Waals surface area contributed by atoms with Gasteiger partial charge < -0.3 is 10.2 Å². The fraction of sp³-hybridized carbons (Fsp3) is 0.333. The molecule has 0 bridgehead atoms. The van der Waals surface area contributed by atoms with Crippen molar-refractivity contribution in [1.29, 1.82) is 0 Å². The van der Waals surface area contributed by atoms with Crippen LogP contribution in [0.4, 0.5) is 0 Å². The van der Waals surface area contributed by atoms with E-state index >= 15 is 0 Å². The van der Waals surface area contributed by atoms with Crippen molar-refractivity contribution in [2.45, 2.75) is 20.3 Å². The van der Waals surface area contributed by atoms with E-state index in [4.69, 9.17) is 5.11 Å². The highest BCUT2D eigenvalue weighted by Gasteiger charge is 2.02. The highest BCUT2D eigenvalue weighted by atomic mass is 16.3. The van der Waals surface area contributed by atoms with Crippen LogP contribution in [-0.4, -0.2) is 10.2 Å². The Hall–Kier alpha value is -1.18. The van der Waals surface area contributed by atoms with Gasteiger partial charge in [-0.25, -0.2) is 0 Å². The fourth-order valence-corrected chi connectivity index (χ4v) is 1.03. The monoisotopic (exact) mass is 152 g/mol. The van der Waals surface area contributed by atoms with E-state index in [0.717, 1.165) is 17.5 Å². The molecule has 0 saturated heterocycles. The number of aromatic hydroxyl groups is 2. The first-order valence-corrected chi connectivity index (χ1v) is 3.66. The number of hydrogen-bond donors (Lipinski definition) is 2. The van der Waals surface area contributed by atoms with Crippen molar-refractivity contribution in [3.05, 3.63) is 23.3 Å². The zero-order valence-electron chi connectivity index (χ0n) is 6.76. The molecule has 60 valence electrons. The topological polar surface area (TPSA) is 40.5 Å². The van der Waals surface area contributed by atoms with Gasteiger partial charge in [-0.1, -0.05) is 6.92 Å². The van der Waals surface area contributed by atoms with Gasteiger partial charge in [-0.2, -0.15) is 0 Å². The lowest BCUT2D eigenvalue weighted by Crippen LogP contribution is -1.83. The summed E-state index contributed by atoms with van der Waals surface area (Å²) < 4.78 is 0. The van der Waals surface area contributed by atoms with Crippen LogP contribution in [0.15, 0.2) is 12.1 Å². The summed E-state index contributed by atoms with van der Waals surface area (Å²) in [5.41, 5.74) is 1.68. The molecular formula is C9H12O2. The van der Waals surface area contributed by atoms with Gasteiger partial charge >= 0.3 is 0 Å². The van der Waals surface area contributed by atoms with Gasteiger partial charge in [0.25, 0.3) is 0 Å². The van der Waals surface area contributed by atoms with Crippen molar-refractivity contribution < 1.29 is 10.2 Å². The van der Waals surface area contributed by atoms with Gasteiger partial charge in [0.1, 0.15) is 11.5 Å². The summed E-state index contributed by atoms with van der Waals surface area (Å²) in [5, 5.41) is 18.4. The van der Waals surface area contributed by atoms with Crippen LogP contribution in [0, 0.1) is 6.92 Å². The lowest BCUT2D eigenvalue weighted by Gasteiger charge is -2.04. The second kappa shape index (κ2) is 2.82. The maximum Gasteiger partial charge on any atom is 0.122 e. The number of phenolic OH excluding ortho intramolecular Hbond substituents is 2. The Labute approximate surface area is 66.1 Å². The average Bonchev–Trinajstić information content (AvgIpc) is 1.97. The fourth-order valence-electron chi connectivity index (χ4n) is 1.03. The smallest absolute Gasteiger partial charge is 0.122 e. The molecule has 0 radical (unpaired) electrons. The maximum atomic E-state index is 9.26. The van der Waals surface area contributed by atoms with Crippen LogP contribution >= 0.6 is 0 Å². The molecule has 1 rings (SSSR count). The van der Waals surface area contributed by atoms with E-state index in [9.17, 15) is 5.11 Å². The molecule has 11 heavy (non-hydrogen) atoms. The Morgan fingerprint density at radius 3 is 2.36 bits per heavy atom. The highest BCUT2D eigenvalue weighted by Crippen LogP contribution is 2.26. The molecule has 2 nitrogen and oxygen atoms in total. The molecule has 0 aliphatic heterocycles. The molecule has 0 aliphatic rings. The Balaban J connectivity index is 3.21. The number of aryl methyl sites for hydroxylation is 2. The van der Waals surface area contributed by atoms with Gasteiger partial charge in [-0.3, -0.25) is 0 Å². The molecule has 0 spiro atoms. The lowest BCUT2D eigenvalue weighted by molar-refractivity contribution is 0.444. The van der Waals surface area contributed by atoms with Crippen LogP contribution in [0.1, 0.15) is 18.1 Å². The molecular weight excluding hydrogens is 140 g/mol. The quantitative estimate of drug-likeness (QED) is 0.645. The predicted octanol–water partition coefficient (Wildman–Crippen LogP) is 1.97. The predicted molar refractivity (Wildman–Crippen MR) is 43.9 cm³/mol. The standard InChI is InChI=1S/C9H12O2/c1-3-7-4-6(2)8(10)5-9(7)11/h4-5,10-11H,3H2,1-2H3. The minimum atomic E-state index is 0.153. The second-order valence-electron chi connectivity index (χ2n) is 2.62.